The third-order valence-electron chi connectivity index (χ3n) is 3.86. The first-order valence-corrected chi connectivity index (χ1v) is 8.97. The van der Waals surface area contributed by atoms with Gasteiger partial charge in [-0.1, -0.05) is 18.2 Å². The lowest BCUT2D eigenvalue weighted by Gasteiger charge is -2.26. The molecule has 0 bridgehead atoms. The van der Waals surface area contributed by atoms with Gasteiger partial charge in [0, 0.05) is 6.07 Å². The van der Waals surface area contributed by atoms with Crippen LogP contribution in [0.4, 0.5) is 0 Å². The van der Waals surface area contributed by atoms with E-state index in [-0.39, 0.29) is 23.3 Å². The summed E-state index contributed by atoms with van der Waals surface area (Å²) in [6.07, 6.45) is 0.571. The summed E-state index contributed by atoms with van der Waals surface area (Å²) < 4.78 is 44.1. The number of para-hydroxylation sites is 1. The topological polar surface area (TPSA) is 73.9 Å². The van der Waals surface area contributed by atoms with Crippen molar-refractivity contribution >= 4 is 10.0 Å². The molecule has 1 heterocycles. The van der Waals surface area contributed by atoms with Gasteiger partial charge in [0.05, 0.1) is 20.3 Å². The SMILES string of the molecule is COc1ccc(OC)c(S(=O)(=O)N[C@@H]2COc3ccccc3C2)c1. The van der Waals surface area contributed by atoms with E-state index < -0.39 is 10.0 Å². The molecule has 1 N–H and O–H groups in total. The van der Waals surface area contributed by atoms with Crippen molar-refractivity contribution < 1.29 is 22.6 Å². The average Bonchev–Trinajstić information content (AvgIpc) is 2.60. The fourth-order valence-corrected chi connectivity index (χ4v) is 4.09. The quantitative estimate of drug-likeness (QED) is 0.894. The summed E-state index contributed by atoms with van der Waals surface area (Å²) in [5.74, 6) is 1.51. The summed E-state index contributed by atoms with van der Waals surface area (Å²) in [7, 11) is -0.858. The van der Waals surface area contributed by atoms with Crippen molar-refractivity contribution in [1.82, 2.24) is 4.72 Å². The highest BCUT2D eigenvalue weighted by molar-refractivity contribution is 7.89. The molecule has 7 heteroatoms. The number of hydrogen-bond acceptors (Lipinski definition) is 5. The van der Waals surface area contributed by atoms with Gasteiger partial charge in [0.15, 0.2) is 0 Å². The Morgan fingerprint density at radius 3 is 2.67 bits per heavy atom. The normalized spacial score (nSPS) is 16.8. The number of hydrogen-bond donors (Lipinski definition) is 1. The van der Waals surface area contributed by atoms with Crippen LogP contribution in [0.1, 0.15) is 5.56 Å². The van der Waals surface area contributed by atoms with Crippen molar-refractivity contribution in [3.63, 3.8) is 0 Å². The molecule has 2 aromatic rings. The predicted molar refractivity (Wildman–Crippen MR) is 89.3 cm³/mol. The molecule has 128 valence electrons. The summed E-state index contributed by atoms with van der Waals surface area (Å²) in [6, 6.07) is 11.9. The standard InChI is InChI=1S/C17H19NO5S/c1-21-14-7-8-16(22-2)17(10-14)24(19,20)18-13-9-12-5-3-4-6-15(12)23-11-13/h3-8,10,13,18H,9,11H2,1-2H3/t13-/m0/s1. The summed E-state index contributed by atoms with van der Waals surface area (Å²) in [4.78, 5) is 0.0446. The monoisotopic (exact) mass is 349 g/mol. The van der Waals surface area contributed by atoms with Gasteiger partial charge in [0.25, 0.3) is 0 Å². The molecule has 1 aliphatic heterocycles. The van der Waals surface area contributed by atoms with Crippen LogP contribution in [0.3, 0.4) is 0 Å². The largest absolute Gasteiger partial charge is 0.497 e. The first-order chi connectivity index (χ1) is 11.5. The first kappa shape index (κ1) is 16.6. The molecule has 3 rings (SSSR count). The lowest BCUT2D eigenvalue weighted by Crippen LogP contribution is -2.42. The Bertz CT molecular complexity index is 835. The molecule has 0 amide bonds. The Hall–Kier alpha value is -2.25. The lowest BCUT2D eigenvalue weighted by molar-refractivity contribution is 0.254. The third-order valence-corrected chi connectivity index (χ3v) is 5.40. The molecule has 0 aliphatic carbocycles. The van der Waals surface area contributed by atoms with Crippen molar-refractivity contribution in [1.29, 1.82) is 0 Å². The van der Waals surface area contributed by atoms with Gasteiger partial charge in [-0.3, -0.25) is 0 Å². The zero-order valence-electron chi connectivity index (χ0n) is 13.5. The Labute approximate surface area is 141 Å². The van der Waals surface area contributed by atoms with Gasteiger partial charge in [0.1, 0.15) is 28.8 Å². The van der Waals surface area contributed by atoms with Crippen LogP contribution in [0.15, 0.2) is 47.4 Å². The Balaban J connectivity index is 1.85. The summed E-state index contributed by atoms with van der Waals surface area (Å²) in [6.45, 7) is 0.280. The number of ether oxygens (including phenoxy) is 3. The molecule has 0 fully saturated rings. The maximum Gasteiger partial charge on any atom is 0.244 e. The minimum Gasteiger partial charge on any atom is -0.497 e. The van der Waals surface area contributed by atoms with Gasteiger partial charge < -0.3 is 14.2 Å². The van der Waals surface area contributed by atoms with Crippen LogP contribution in [0.5, 0.6) is 17.2 Å². The van der Waals surface area contributed by atoms with Crippen LogP contribution in [0.2, 0.25) is 0 Å². The highest BCUT2D eigenvalue weighted by Gasteiger charge is 2.27. The molecular weight excluding hydrogens is 330 g/mol. The fraction of sp³-hybridized carbons (Fsp3) is 0.294. The number of fused-ring (bicyclic) bond motifs is 1. The molecule has 0 unspecified atom stereocenters. The van der Waals surface area contributed by atoms with Crippen LogP contribution in [-0.4, -0.2) is 35.3 Å². The highest BCUT2D eigenvalue weighted by Crippen LogP contribution is 2.29. The van der Waals surface area contributed by atoms with Gasteiger partial charge in [-0.25, -0.2) is 13.1 Å². The van der Waals surface area contributed by atoms with E-state index in [1.54, 1.807) is 12.1 Å². The van der Waals surface area contributed by atoms with E-state index in [0.717, 1.165) is 11.3 Å². The second-order valence-corrected chi connectivity index (χ2v) is 7.14. The van der Waals surface area contributed by atoms with Crippen molar-refractivity contribution in [2.75, 3.05) is 20.8 Å². The second kappa shape index (κ2) is 6.70. The van der Waals surface area contributed by atoms with Crippen LogP contribution in [0.25, 0.3) is 0 Å². The lowest BCUT2D eigenvalue weighted by atomic mass is 10.0. The van der Waals surface area contributed by atoms with E-state index in [2.05, 4.69) is 4.72 Å². The van der Waals surface area contributed by atoms with E-state index in [4.69, 9.17) is 14.2 Å². The fourth-order valence-electron chi connectivity index (χ4n) is 2.68. The predicted octanol–water partition coefficient (Wildman–Crippen LogP) is 1.99. The summed E-state index contributed by atoms with van der Waals surface area (Å²) in [5, 5.41) is 0. The Morgan fingerprint density at radius 1 is 1.12 bits per heavy atom. The van der Waals surface area contributed by atoms with Crippen LogP contribution in [0, 0.1) is 0 Å². The van der Waals surface area contributed by atoms with Crippen molar-refractivity contribution in [3.05, 3.63) is 48.0 Å². The molecule has 0 saturated heterocycles. The molecule has 2 aromatic carbocycles. The Kier molecular flexibility index (Phi) is 4.64. The minimum atomic E-state index is -3.77. The van der Waals surface area contributed by atoms with E-state index >= 15 is 0 Å². The number of rotatable bonds is 5. The molecule has 0 spiro atoms. The van der Waals surface area contributed by atoms with Gasteiger partial charge in [-0.2, -0.15) is 0 Å². The molecule has 1 aliphatic rings. The molecular formula is C17H19NO5S. The van der Waals surface area contributed by atoms with E-state index in [1.165, 1.54) is 20.3 Å². The van der Waals surface area contributed by atoms with Crippen LogP contribution >= 0.6 is 0 Å². The molecule has 0 saturated carbocycles. The molecule has 24 heavy (non-hydrogen) atoms. The second-order valence-electron chi connectivity index (χ2n) is 5.46. The maximum atomic E-state index is 12.8. The van der Waals surface area contributed by atoms with Gasteiger partial charge >= 0.3 is 0 Å². The molecule has 0 radical (unpaired) electrons. The molecule has 0 aromatic heterocycles. The highest BCUT2D eigenvalue weighted by atomic mass is 32.2. The maximum absolute atomic E-state index is 12.8. The van der Waals surface area contributed by atoms with Crippen molar-refractivity contribution in [3.8, 4) is 17.2 Å². The summed E-state index contributed by atoms with van der Waals surface area (Å²) >= 11 is 0. The minimum absolute atomic E-state index is 0.0446. The van der Waals surface area contributed by atoms with Crippen LogP contribution < -0.4 is 18.9 Å². The van der Waals surface area contributed by atoms with Crippen molar-refractivity contribution in [2.24, 2.45) is 0 Å². The van der Waals surface area contributed by atoms with Crippen LogP contribution in [-0.2, 0) is 16.4 Å². The molecule has 6 nitrogen and oxygen atoms in total. The number of methoxy groups -OCH3 is 2. The smallest absolute Gasteiger partial charge is 0.244 e. The summed E-state index contributed by atoms with van der Waals surface area (Å²) in [5.41, 5.74) is 0.981. The zero-order chi connectivity index (χ0) is 17.2. The molecule has 1 atom stereocenters. The number of benzene rings is 2. The van der Waals surface area contributed by atoms with Crippen molar-refractivity contribution in [2.45, 2.75) is 17.4 Å². The van der Waals surface area contributed by atoms with Gasteiger partial charge in [-0.15, -0.1) is 0 Å². The number of sulfonamides is 1. The number of nitrogens with one attached hydrogen (secondary N) is 1. The van der Waals surface area contributed by atoms with Gasteiger partial charge in [0.2, 0.25) is 10.0 Å². The average molecular weight is 349 g/mol. The van der Waals surface area contributed by atoms with Gasteiger partial charge in [-0.05, 0) is 30.2 Å². The van der Waals surface area contributed by atoms with E-state index in [9.17, 15) is 8.42 Å². The first-order valence-electron chi connectivity index (χ1n) is 7.48. The Morgan fingerprint density at radius 2 is 1.92 bits per heavy atom. The zero-order valence-corrected chi connectivity index (χ0v) is 14.3. The third kappa shape index (κ3) is 3.32. The van der Waals surface area contributed by atoms with E-state index in [1.807, 2.05) is 24.3 Å². The van der Waals surface area contributed by atoms with E-state index in [0.29, 0.717) is 12.2 Å².